The van der Waals surface area contributed by atoms with Crippen molar-refractivity contribution in [2.75, 3.05) is 13.2 Å². The lowest BCUT2D eigenvalue weighted by molar-refractivity contribution is -0.152. The Morgan fingerprint density at radius 1 is 0.437 bits per heavy atom. The maximum atomic E-state index is 13.6. The zero-order valence-corrected chi connectivity index (χ0v) is 49.7. The number of unbranched alkanes of at least 4 members (excludes halogenated alkanes) is 24. The summed E-state index contributed by atoms with van der Waals surface area (Å²) in [7, 11) is 0. The topological polar surface area (TPSA) is 96.8 Å². The molecule has 0 bridgehead atoms. The molecule has 2 atom stereocenters. The largest absolute Gasteiger partial charge is 0.485 e. The lowest BCUT2D eigenvalue weighted by Crippen LogP contribution is -2.31. The van der Waals surface area contributed by atoms with Gasteiger partial charge in [-0.2, -0.15) is 8.75 Å². The predicted octanol–water partition coefficient (Wildman–Crippen LogP) is 20.0. The van der Waals surface area contributed by atoms with Crippen molar-refractivity contribution in [2.45, 2.75) is 297 Å². The molecule has 4 rings (SSSR count). The Morgan fingerprint density at radius 2 is 0.704 bits per heavy atom. The number of aromatic nitrogens is 2. The van der Waals surface area contributed by atoms with Crippen LogP contribution >= 0.6 is 43.6 Å². The van der Waals surface area contributed by atoms with Gasteiger partial charge in [-0.1, -0.05) is 207 Å². The van der Waals surface area contributed by atoms with Crippen molar-refractivity contribution >= 4 is 66.6 Å². The highest BCUT2D eigenvalue weighted by Gasteiger charge is 2.34. The summed E-state index contributed by atoms with van der Waals surface area (Å²) in [5, 5.41) is 0. The zero-order chi connectivity index (χ0) is 50.7. The molecule has 0 aliphatic heterocycles. The quantitative estimate of drug-likeness (QED) is 0.0479. The van der Waals surface area contributed by atoms with Crippen LogP contribution in [0.1, 0.15) is 285 Å². The van der Waals surface area contributed by atoms with Gasteiger partial charge in [0.25, 0.3) is 0 Å². The van der Waals surface area contributed by atoms with Gasteiger partial charge in [-0.3, -0.25) is 9.59 Å². The van der Waals surface area contributed by atoms with Crippen LogP contribution in [0, 0.1) is 23.7 Å². The number of carbonyl (C=O) groups excluding carboxylic acids is 2. The average Bonchev–Trinajstić information content (AvgIpc) is 3.89. The van der Waals surface area contributed by atoms with E-state index in [0.717, 1.165) is 84.2 Å². The molecule has 2 aliphatic rings. The first kappa shape index (κ1) is 62.1. The van der Waals surface area contributed by atoms with E-state index in [-0.39, 0.29) is 36.0 Å². The molecular formula is C60H102Br2N2O6S. The smallest absolute Gasteiger partial charge is 0.308 e. The van der Waals surface area contributed by atoms with Crippen LogP contribution < -0.4 is 9.47 Å². The highest BCUT2D eigenvalue weighted by molar-refractivity contribution is 9.11. The number of hydrogen-bond donors (Lipinski definition) is 0. The van der Waals surface area contributed by atoms with Gasteiger partial charge in [-0.05, 0) is 121 Å². The van der Waals surface area contributed by atoms with E-state index in [1.165, 1.54) is 204 Å². The van der Waals surface area contributed by atoms with Gasteiger partial charge < -0.3 is 18.9 Å². The zero-order valence-electron chi connectivity index (χ0n) is 45.7. The minimum absolute atomic E-state index is 0.0264. The van der Waals surface area contributed by atoms with Crippen molar-refractivity contribution in [3.8, 4) is 11.5 Å². The van der Waals surface area contributed by atoms with Crippen LogP contribution in [-0.4, -0.2) is 46.1 Å². The Hall–Kier alpha value is -1.46. The van der Waals surface area contributed by atoms with Crippen LogP contribution in [0.4, 0.5) is 0 Å². The maximum Gasteiger partial charge on any atom is 0.308 e. The van der Waals surface area contributed by atoms with Crippen LogP contribution in [0.15, 0.2) is 8.95 Å². The third kappa shape index (κ3) is 24.8. The van der Waals surface area contributed by atoms with E-state index in [1.807, 2.05) is 0 Å². The van der Waals surface area contributed by atoms with E-state index < -0.39 is 0 Å². The Morgan fingerprint density at radius 3 is 0.986 bits per heavy atom. The molecule has 71 heavy (non-hydrogen) atoms. The molecule has 408 valence electrons. The fourth-order valence-corrected chi connectivity index (χ4v) is 13.0. The monoisotopic (exact) mass is 1140 g/mol. The molecule has 0 spiro atoms. The summed E-state index contributed by atoms with van der Waals surface area (Å²) in [6.07, 6.45) is 47.3. The minimum Gasteiger partial charge on any atom is -0.485 e. The van der Waals surface area contributed by atoms with E-state index in [4.69, 9.17) is 18.9 Å². The van der Waals surface area contributed by atoms with E-state index in [9.17, 15) is 9.59 Å². The number of rotatable bonds is 42. The summed E-state index contributed by atoms with van der Waals surface area (Å²) in [6.45, 7) is 10.2. The lowest BCUT2D eigenvalue weighted by atomic mass is 9.87. The van der Waals surface area contributed by atoms with Crippen molar-refractivity contribution in [1.82, 2.24) is 8.75 Å². The Kier molecular flexibility index (Phi) is 34.1. The van der Waals surface area contributed by atoms with Gasteiger partial charge in [0.15, 0.2) is 11.5 Å². The van der Waals surface area contributed by atoms with Crippen LogP contribution in [0.2, 0.25) is 0 Å². The number of nitrogens with zero attached hydrogens (tertiary/aromatic N) is 2. The maximum absolute atomic E-state index is 13.6. The average molecular weight is 1140 g/mol. The number of hydrogen-bond acceptors (Lipinski definition) is 9. The molecule has 0 radical (unpaired) electrons. The molecule has 0 amide bonds. The summed E-state index contributed by atoms with van der Waals surface area (Å²) in [6, 6.07) is 0. The predicted molar refractivity (Wildman–Crippen MR) is 305 cm³/mol. The normalized spacial score (nSPS) is 19.2. The number of halogens is 2. The standard InChI is InChI=1S/C60H102Br2N2O6S/c1-5-9-13-17-21-23-27-31-35-47(33-29-25-19-15-11-7-3)45-67-59(65)49-37-41-51(42-38-49)69-57-53(61)55-56(64-71-63-55)54(62)58(57)70-52-43-39-50(40-44-52)60(66)68-46-48(34-30-26-20-16-12-8-4)36-32-28-24-22-18-14-10-6-2/h47-52H,5-46H2,1-4H3. The SMILES string of the molecule is CCCCCCCCCCC(CCCCCCCC)COC(=O)C1CCC(Oc2c(OC3CCC(C(=O)OCC(CCCCCCCC)CCCCCCCCCC)CC3)c(Br)c3nsnc3c2Br)CC1. The molecule has 1 heterocycles. The summed E-state index contributed by atoms with van der Waals surface area (Å²) in [5.41, 5.74) is 1.49. The molecular weight excluding hydrogens is 1040 g/mol. The number of ether oxygens (including phenoxy) is 4. The molecule has 2 aliphatic carbocycles. The van der Waals surface area contributed by atoms with E-state index in [2.05, 4.69) is 68.3 Å². The third-order valence-electron chi connectivity index (χ3n) is 15.9. The molecule has 1 aromatic carbocycles. The summed E-state index contributed by atoms with van der Waals surface area (Å²) >= 11 is 8.86. The van der Waals surface area contributed by atoms with Crippen molar-refractivity contribution in [2.24, 2.45) is 23.7 Å². The van der Waals surface area contributed by atoms with Crippen molar-refractivity contribution in [1.29, 1.82) is 0 Å². The molecule has 0 saturated heterocycles. The fraction of sp³-hybridized carbons (Fsp3) is 0.867. The highest BCUT2D eigenvalue weighted by atomic mass is 79.9. The molecule has 11 heteroatoms. The molecule has 8 nitrogen and oxygen atoms in total. The first-order chi connectivity index (χ1) is 34.8. The Bertz CT molecular complexity index is 1560. The van der Waals surface area contributed by atoms with Gasteiger partial charge in [0.1, 0.15) is 11.0 Å². The number of carbonyl (C=O) groups is 2. The van der Waals surface area contributed by atoms with E-state index in [0.29, 0.717) is 36.5 Å². The molecule has 2 fully saturated rings. The van der Waals surface area contributed by atoms with Gasteiger partial charge in [0.2, 0.25) is 0 Å². The number of fused-ring (bicyclic) bond motifs is 1. The Balaban J connectivity index is 1.25. The molecule has 2 saturated carbocycles. The first-order valence-corrected chi connectivity index (χ1v) is 32.4. The summed E-state index contributed by atoms with van der Waals surface area (Å²) in [4.78, 5) is 27.1. The number of benzene rings is 1. The van der Waals surface area contributed by atoms with Crippen LogP contribution in [0.25, 0.3) is 11.0 Å². The van der Waals surface area contributed by atoms with E-state index in [1.54, 1.807) is 0 Å². The summed E-state index contributed by atoms with van der Waals surface area (Å²) in [5.74, 6) is 1.96. The van der Waals surface area contributed by atoms with Crippen molar-refractivity contribution in [3.05, 3.63) is 8.95 Å². The summed E-state index contributed by atoms with van der Waals surface area (Å²) < 4.78 is 36.7. The van der Waals surface area contributed by atoms with Crippen LogP contribution in [0.3, 0.4) is 0 Å². The second-order valence-corrected chi connectivity index (χ2v) is 24.2. The number of esters is 2. The van der Waals surface area contributed by atoms with Gasteiger partial charge >= 0.3 is 11.9 Å². The van der Waals surface area contributed by atoms with Crippen molar-refractivity contribution < 1.29 is 28.5 Å². The van der Waals surface area contributed by atoms with Gasteiger partial charge in [0.05, 0.1) is 57.9 Å². The second kappa shape index (κ2) is 39.0. The fourth-order valence-electron chi connectivity index (χ4n) is 11.1. The van der Waals surface area contributed by atoms with Gasteiger partial charge in [-0.25, -0.2) is 0 Å². The van der Waals surface area contributed by atoms with Crippen LogP contribution in [-0.2, 0) is 19.1 Å². The Labute approximate surface area is 455 Å². The van der Waals surface area contributed by atoms with E-state index >= 15 is 0 Å². The first-order valence-electron chi connectivity index (χ1n) is 30.1. The molecule has 0 N–H and O–H groups in total. The van der Waals surface area contributed by atoms with Gasteiger partial charge in [-0.15, -0.1) is 0 Å². The van der Waals surface area contributed by atoms with Crippen molar-refractivity contribution in [3.63, 3.8) is 0 Å². The second-order valence-electron chi connectivity index (χ2n) is 22.1. The molecule has 2 unspecified atom stereocenters. The van der Waals surface area contributed by atoms with Gasteiger partial charge in [0, 0.05) is 0 Å². The molecule has 2 aromatic rings. The lowest BCUT2D eigenvalue weighted by Gasteiger charge is -2.31. The van der Waals surface area contributed by atoms with Crippen LogP contribution in [0.5, 0.6) is 11.5 Å². The minimum atomic E-state index is -0.0910. The third-order valence-corrected chi connectivity index (χ3v) is 17.9. The highest BCUT2D eigenvalue weighted by Crippen LogP contribution is 2.49. The molecule has 1 aromatic heterocycles.